The molecule has 0 bridgehead atoms. The Bertz CT molecular complexity index is 649. The number of nitrogens with zero attached hydrogens (tertiary/aromatic N) is 1. The van der Waals surface area contributed by atoms with Crippen LogP contribution in [0.3, 0.4) is 0 Å². The molecule has 2 aromatic carbocycles. The number of phenols is 1. The van der Waals surface area contributed by atoms with Crippen molar-refractivity contribution in [3.8, 4) is 5.75 Å². The fourth-order valence-electron chi connectivity index (χ4n) is 2.14. The first kappa shape index (κ1) is 15.5. The number of carbonyl (C=O) groups excluding carboxylic acids is 1. The standard InChI is InChI=1S/C15H14ClF2NO2/c16-7-8-19(9-13(17)18)15(21)12-6-5-10-3-1-2-4-11(10)14(12)20/h1-6,13,20H,7-9H2. The van der Waals surface area contributed by atoms with Gasteiger partial charge in [-0.3, -0.25) is 4.79 Å². The molecule has 21 heavy (non-hydrogen) atoms. The molecule has 2 rings (SSSR count). The van der Waals surface area contributed by atoms with Crippen LogP contribution in [0.25, 0.3) is 10.8 Å². The average Bonchev–Trinajstić information content (AvgIpc) is 2.46. The molecule has 0 aliphatic carbocycles. The average molecular weight is 314 g/mol. The van der Waals surface area contributed by atoms with E-state index in [4.69, 9.17) is 11.6 Å². The minimum atomic E-state index is -2.65. The summed E-state index contributed by atoms with van der Waals surface area (Å²) < 4.78 is 25.1. The SMILES string of the molecule is O=C(c1ccc2ccccc2c1O)N(CCCl)CC(F)F. The van der Waals surface area contributed by atoms with Crippen LogP contribution in [0.2, 0.25) is 0 Å². The van der Waals surface area contributed by atoms with Crippen LogP contribution >= 0.6 is 11.6 Å². The fraction of sp³-hybridized carbons (Fsp3) is 0.267. The molecule has 0 heterocycles. The van der Waals surface area contributed by atoms with Gasteiger partial charge in [-0.05, 0) is 11.5 Å². The van der Waals surface area contributed by atoms with Crippen molar-refractivity contribution in [2.24, 2.45) is 0 Å². The maximum Gasteiger partial charge on any atom is 0.257 e. The molecule has 0 aliphatic rings. The molecule has 3 nitrogen and oxygen atoms in total. The van der Waals surface area contributed by atoms with Gasteiger partial charge in [0, 0.05) is 17.8 Å². The van der Waals surface area contributed by atoms with Crippen molar-refractivity contribution in [2.75, 3.05) is 19.0 Å². The summed E-state index contributed by atoms with van der Waals surface area (Å²) in [7, 11) is 0. The molecular formula is C15H14ClF2NO2. The van der Waals surface area contributed by atoms with E-state index in [9.17, 15) is 18.7 Å². The van der Waals surface area contributed by atoms with Gasteiger partial charge in [-0.25, -0.2) is 8.78 Å². The minimum absolute atomic E-state index is 0.000494. The van der Waals surface area contributed by atoms with E-state index in [0.29, 0.717) is 5.39 Å². The molecule has 112 valence electrons. The predicted molar refractivity (Wildman–Crippen MR) is 78.2 cm³/mol. The second kappa shape index (κ2) is 6.72. The summed E-state index contributed by atoms with van der Waals surface area (Å²) in [6.45, 7) is -0.713. The number of carbonyl (C=O) groups is 1. The van der Waals surface area contributed by atoms with Gasteiger partial charge in [0.15, 0.2) is 0 Å². The lowest BCUT2D eigenvalue weighted by atomic mass is 10.0. The fourth-order valence-corrected chi connectivity index (χ4v) is 2.35. The van der Waals surface area contributed by atoms with Crippen molar-refractivity contribution in [3.05, 3.63) is 42.0 Å². The maximum absolute atomic E-state index is 12.5. The van der Waals surface area contributed by atoms with E-state index >= 15 is 0 Å². The molecule has 1 N–H and O–H groups in total. The van der Waals surface area contributed by atoms with Gasteiger partial charge in [0.1, 0.15) is 5.75 Å². The zero-order valence-electron chi connectivity index (χ0n) is 11.1. The number of rotatable bonds is 5. The predicted octanol–water partition coefficient (Wildman–Crippen LogP) is 3.49. The van der Waals surface area contributed by atoms with E-state index in [0.717, 1.165) is 10.3 Å². The Morgan fingerprint density at radius 1 is 1.24 bits per heavy atom. The van der Waals surface area contributed by atoms with Gasteiger partial charge >= 0.3 is 0 Å². The van der Waals surface area contributed by atoms with Crippen molar-refractivity contribution in [1.29, 1.82) is 0 Å². The molecule has 1 amide bonds. The molecule has 0 atom stereocenters. The maximum atomic E-state index is 12.5. The number of fused-ring (bicyclic) bond motifs is 1. The lowest BCUT2D eigenvalue weighted by Gasteiger charge is -2.22. The van der Waals surface area contributed by atoms with Crippen molar-refractivity contribution in [3.63, 3.8) is 0 Å². The van der Waals surface area contributed by atoms with Crippen LogP contribution in [-0.4, -0.2) is 41.3 Å². The Morgan fingerprint density at radius 3 is 2.62 bits per heavy atom. The van der Waals surface area contributed by atoms with Gasteiger partial charge in [-0.1, -0.05) is 30.3 Å². The van der Waals surface area contributed by atoms with Crippen LogP contribution in [-0.2, 0) is 0 Å². The Balaban J connectivity index is 2.39. The number of hydrogen-bond donors (Lipinski definition) is 1. The summed E-state index contributed by atoms with van der Waals surface area (Å²) in [4.78, 5) is 13.3. The molecule has 6 heteroatoms. The quantitative estimate of drug-likeness (QED) is 0.858. The van der Waals surface area contributed by atoms with Gasteiger partial charge in [-0.15, -0.1) is 11.6 Å². The molecule has 0 unspecified atom stereocenters. The Morgan fingerprint density at radius 2 is 1.95 bits per heavy atom. The zero-order valence-corrected chi connectivity index (χ0v) is 11.9. The summed E-state index contributed by atoms with van der Waals surface area (Å²) in [6, 6.07) is 10.1. The van der Waals surface area contributed by atoms with Gasteiger partial charge in [0.2, 0.25) is 0 Å². The van der Waals surface area contributed by atoms with E-state index in [1.54, 1.807) is 30.3 Å². The van der Waals surface area contributed by atoms with E-state index in [1.165, 1.54) is 6.07 Å². The van der Waals surface area contributed by atoms with Gasteiger partial charge in [0.05, 0.1) is 12.1 Å². The Kier molecular flexibility index (Phi) is 4.96. The van der Waals surface area contributed by atoms with Crippen molar-refractivity contribution in [2.45, 2.75) is 6.43 Å². The summed E-state index contributed by atoms with van der Waals surface area (Å²) in [5.41, 5.74) is -0.000494. The molecule has 0 spiro atoms. The lowest BCUT2D eigenvalue weighted by Crippen LogP contribution is -2.36. The molecule has 0 aliphatic heterocycles. The minimum Gasteiger partial charge on any atom is -0.506 e. The zero-order chi connectivity index (χ0) is 15.4. The third-order valence-corrected chi connectivity index (χ3v) is 3.30. The molecule has 0 radical (unpaired) electrons. The molecule has 0 saturated carbocycles. The molecule has 2 aromatic rings. The van der Waals surface area contributed by atoms with Crippen LogP contribution in [0.1, 0.15) is 10.4 Å². The topological polar surface area (TPSA) is 40.5 Å². The molecular weight excluding hydrogens is 300 g/mol. The van der Waals surface area contributed by atoms with Crippen LogP contribution in [0, 0.1) is 0 Å². The van der Waals surface area contributed by atoms with E-state index in [1.807, 2.05) is 0 Å². The number of amides is 1. The molecule has 0 fully saturated rings. The first-order valence-corrected chi connectivity index (χ1v) is 6.92. The van der Waals surface area contributed by atoms with Crippen LogP contribution in [0.4, 0.5) is 8.78 Å². The first-order valence-electron chi connectivity index (χ1n) is 6.38. The highest BCUT2D eigenvalue weighted by Gasteiger charge is 2.22. The van der Waals surface area contributed by atoms with Crippen LogP contribution in [0.15, 0.2) is 36.4 Å². The molecule has 0 aromatic heterocycles. The third-order valence-electron chi connectivity index (χ3n) is 3.13. The summed E-state index contributed by atoms with van der Waals surface area (Å²) in [5, 5.41) is 11.5. The Hall–Kier alpha value is -1.88. The van der Waals surface area contributed by atoms with Crippen LogP contribution in [0.5, 0.6) is 5.75 Å². The second-order valence-corrected chi connectivity index (χ2v) is 4.89. The smallest absolute Gasteiger partial charge is 0.257 e. The summed E-state index contributed by atoms with van der Waals surface area (Å²) in [6.07, 6.45) is -2.65. The highest BCUT2D eigenvalue weighted by molar-refractivity contribution is 6.18. The molecule has 0 saturated heterocycles. The Labute approximate surface area is 125 Å². The number of hydrogen-bond acceptors (Lipinski definition) is 2. The van der Waals surface area contributed by atoms with E-state index in [-0.39, 0.29) is 23.7 Å². The second-order valence-electron chi connectivity index (χ2n) is 4.51. The third kappa shape index (κ3) is 3.42. The van der Waals surface area contributed by atoms with E-state index in [2.05, 4.69) is 0 Å². The number of alkyl halides is 3. The first-order chi connectivity index (χ1) is 10.0. The highest BCUT2D eigenvalue weighted by atomic mass is 35.5. The number of aromatic hydroxyl groups is 1. The summed E-state index contributed by atoms with van der Waals surface area (Å²) >= 11 is 5.54. The van der Waals surface area contributed by atoms with Gasteiger partial charge in [0.25, 0.3) is 12.3 Å². The van der Waals surface area contributed by atoms with E-state index < -0.39 is 18.9 Å². The van der Waals surface area contributed by atoms with Gasteiger partial charge in [-0.2, -0.15) is 0 Å². The number of phenolic OH excluding ortho intramolecular Hbond substituents is 1. The normalized spacial score (nSPS) is 11.0. The largest absolute Gasteiger partial charge is 0.506 e. The van der Waals surface area contributed by atoms with Gasteiger partial charge < -0.3 is 10.0 Å². The number of benzene rings is 2. The summed E-state index contributed by atoms with van der Waals surface area (Å²) in [5.74, 6) is -0.807. The van der Waals surface area contributed by atoms with Crippen molar-refractivity contribution >= 4 is 28.3 Å². The van der Waals surface area contributed by atoms with Crippen molar-refractivity contribution < 1.29 is 18.7 Å². The monoisotopic (exact) mass is 313 g/mol. The highest BCUT2D eigenvalue weighted by Crippen LogP contribution is 2.29. The lowest BCUT2D eigenvalue weighted by molar-refractivity contribution is 0.0568. The van der Waals surface area contributed by atoms with Crippen molar-refractivity contribution in [1.82, 2.24) is 4.90 Å². The van der Waals surface area contributed by atoms with Crippen LogP contribution < -0.4 is 0 Å². The number of halogens is 3.